The summed E-state index contributed by atoms with van der Waals surface area (Å²) >= 11 is 4.73. The summed E-state index contributed by atoms with van der Waals surface area (Å²) < 4.78 is 0. The Hall–Kier alpha value is -0.440. The SMILES string of the molecule is CNC(=S)N=C(C)C. The first kappa shape index (κ1) is 7.56. The topological polar surface area (TPSA) is 24.4 Å². The Balaban J connectivity index is 3.70. The summed E-state index contributed by atoms with van der Waals surface area (Å²) in [5.41, 5.74) is 0.976. The van der Waals surface area contributed by atoms with Gasteiger partial charge in [-0.05, 0) is 26.1 Å². The van der Waals surface area contributed by atoms with E-state index in [0.717, 1.165) is 5.71 Å². The highest BCUT2D eigenvalue weighted by Gasteiger charge is 1.82. The van der Waals surface area contributed by atoms with Crippen LogP contribution in [0.1, 0.15) is 13.8 Å². The molecule has 2 nitrogen and oxygen atoms in total. The number of rotatable bonds is 0. The van der Waals surface area contributed by atoms with Crippen LogP contribution in [0.4, 0.5) is 0 Å². The molecule has 0 amide bonds. The Morgan fingerprint density at radius 3 is 2.12 bits per heavy atom. The van der Waals surface area contributed by atoms with Crippen LogP contribution in [0.25, 0.3) is 0 Å². The Morgan fingerprint density at radius 1 is 1.50 bits per heavy atom. The third-order valence-electron chi connectivity index (χ3n) is 0.539. The van der Waals surface area contributed by atoms with Crippen LogP contribution in [0.15, 0.2) is 4.99 Å². The summed E-state index contributed by atoms with van der Waals surface area (Å²) in [6.07, 6.45) is 0. The lowest BCUT2D eigenvalue weighted by Crippen LogP contribution is -2.13. The van der Waals surface area contributed by atoms with Crippen molar-refractivity contribution in [2.24, 2.45) is 4.99 Å². The Bertz CT molecular complexity index is 114. The second kappa shape index (κ2) is 3.55. The van der Waals surface area contributed by atoms with Gasteiger partial charge in [0.1, 0.15) is 0 Å². The predicted molar refractivity (Wildman–Crippen MR) is 40.4 cm³/mol. The van der Waals surface area contributed by atoms with Crippen molar-refractivity contribution in [2.45, 2.75) is 13.8 Å². The molecule has 0 aliphatic rings. The fraction of sp³-hybridized carbons (Fsp3) is 0.600. The van der Waals surface area contributed by atoms with E-state index in [-0.39, 0.29) is 0 Å². The first-order valence-electron chi connectivity index (χ1n) is 2.40. The highest BCUT2D eigenvalue weighted by molar-refractivity contribution is 7.80. The van der Waals surface area contributed by atoms with Gasteiger partial charge in [0, 0.05) is 12.8 Å². The minimum atomic E-state index is 0.546. The van der Waals surface area contributed by atoms with E-state index in [0.29, 0.717) is 5.11 Å². The van der Waals surface area contributed by atoms with Gasteiger partial charge < -0.3 is 5.32 Å². The molecule has 0 rings (SSSR count). The standard InChI is InChI=1S/C5H10N2S/c1-4(2)7-5(8)6-3/h1-3H3,(H,6,8). The Morgan fingerprint density at radius 2 is 2.00 bits per heavy atom. The summed E-state index contributed by atoms with van der Waals surface area (Å²) in [5.74, 6) is 0. The minimum absolute atomic E-state index is 0.546. The molecule has 0 bridgehead atoms. The Labute approximate surface area is 55.0 Å². The summed E-state index contributed by atoms with van der Waals surface area (Å²) in [5, 5.41) is 3.29. The van der Waals surface area contributed by atoms with Crippen molar-refractivity contribution in [3.05, 3.63) is 0 Å². The fourth-order valence-corrected chi connectivity index (χ4v) is 0.442. The molecule has 0 fully saturated rings. The molecule has 0 aromatic carbocycles. The molecule has 0 spiro atoms. The number of hydrogen-bond donors (Lipinski definition) is 1. The van der Waals surface area contributed by atoms with Crippen LogP contribution in [0.2, 0.25) is 0 Å². The third-order valence-corrected chi connectivity index (χ3v) is 0.834. The number of nitrogens with one attached hydrogen (secondary N) is 1. The van der Waals surface area contributed by atoms with Crippen LogP contribution in [0, 0.1) is 0 Å². The molecule has 0 aromatic rings. The lowest BCUT2D eigenvalue weighted by atomic mass is 10.5. The summed E-state index contributed by atoms with van der Waals surface area (Å²) in [7, 11) is 1.76. The van der Waals surface area contributed by atoms with Crippen LogP contribution < -0.4 is 5.32 Å². The largest absolute Gasteiger partial charge is 0.364 e. The monoisotopic (exact) mass is 130 g/mol. The summed E-state index contributed by atoms with van der Waals surface area (Å²) in [6.45, 7) is 3.81. The molecule has 0 unspecified atom stereocenters. The van der Waals surface area contributed by atoms with E-state index < -0.39 is 0 Å². The fourth-order valence-electron chi connectivity index (χ4n) is 0.259. The number of nitrogens with zero attached hydrogens (tertiary/aromatic N) is 1. The van der Waals surface area contributed by atoms with E-state index in [1.807, 2.05) is 13.8 Å². The zero-order chi connectivity index (χ0) is 6.57. The Kier molecular flexibility index (Phi) is 3.35. The van der Waals surface area contributed by atoms with E-state index in [4.69, 9.17) is 12.2 Å². The molecule has 0 heterocycles. The van der Waals surface area contributed by atoms with Crippen LogP contribution in [0.3, 0.4) is 0 Å². The van der Waals surface area contributed by atoms with Crippen molar-refractivity contribution >= 4 is 23.0 Å². The average molecular weight is 130 g/mol. The average Bonchev–Trinajstić information content (AvgIpc) is 1.65. The number of hydrogen-bond acceptors (Lipinski definition) is 1. The van der Waals surface area contributed by atoms with Crippen molar-refractivity contribution in [1.29, 1.82) is 0 Å². The van der Waals surface area contributed by atoms with Gasteiger partial charge in [-0.3, -0.25) is 0 Å². The van der Waals surface area contributed by atoms with Gasteiger partial charge in [-0.2, -0.15) is 0 Å². The van der Waals surface area contributed by atoms with E-state index in [1.165, 1.54) is 0 Å². The normalized spacial score (nSPS) is 7.88. The van der Waals surface area contributed by atoms with Gasteiger partial charge in [-0.15, -0.1) is 0 Å². The van der Waals surface area contributed by atoms with Crippen molar-refractivity contribution in [1.82, 2.24) is 5.32 Å². The number of aliphatic imine (C=N–C) groups is 1. The maximum Gasteiger partial charge on any atom is 0.192 e. The molecule has 3 heteroatoms. The van der Waals surface area contributed by atoms with E-state index >= 15 is 0 Å². The predicted octanol–water partition coefficient (Wildman–Crippen LogP) is 0.972. The highest BCUT2D eigenvalue weighted by Crippen LogP contribution is 1.76. The van der Waals surface area contributed by atoms with Gasteiger partial charge in [-0.25, -0.2) is 4.99 Å². The molecule has 0 radical (unpaired) electrons. The molecule has 0 aliphatic carbocycles. The molecule has 0 aromatic heterocycles. The van der Waals surface area contributed by atoms with Crippen LogP contribution in [-0.4, -0.2) is 17.9 Å². The van der Waals surface area contributed by atoms with Crippen LogP contribution >= 0.6 is 12.2 Å². The van der Waals surface area contributed by atoms with Crippen molar-refractivity contribution in [3.8, 4) is 0 Å². The second-order valence-electron chi connectivity index (χ2n) is 1.61. The molecular formula is C5H10N2S. The van der Waals surface area contributed by atoms with E-state index in [1.54, 1.807) is 7.05 Å². The molecule has 0 aliphatic heterocycles. The molecule has 0 atom stereocenters. The molecule has 0 saturated carbocycles. The zero-order valence-electron chi connectivity index (χ0n) is 5.36. The third kappa shape index (κ3) is 3.74. The molecular weight excluding hydrogens is 120 g/mol. The smallest absolute Gasteiger partial charge is 0.192 e. The van der Waals surface area contributed by atoms with Gasteiger partial charge in [0.05, 0.1) is 0 Å². The van der Waals surface area contributed by atoms with Gasteiger partial charge in [0.15, 0.2) is 5.11 Å². The first-order chi connectivity index (χ1) is 3.66. The van der Waals surface area contributed by atoms with Crippen molar-refractivity contribution in [3.63, 3.8) is 0 Å². The molecule has 1 N–H and O–H groups in total. The van der Waals surface area contributed by atoms with Gasteiger partial charge in [-0.1, -0.05) is 0 Å². The lowest BCUT2D eigenvalue weighted by molar-refractivity contribution is 1.18. The summed E-state index contributed by atoms with van der Waals surface area (Å²) in [4.78, 5) is 3.93. The van der Waals surface area contributed by atoms with Crippen LogP contribution in [-0.2, 0) is 0 Å². The van der Waals surface area contributed by atoms with Crippen LogP contribution in [0.5, 0.6) is 0 Å². The molecule has 8 heavy (non-hydrogen) atoms. The lowest BCUT2D eigenvalue weighted by Gasteiger charge is -1.92. The number of thiocarbonyl (C=S) groups is 1. The maximum atomic E-state index is 4.73. The van der Waals surface area contributed by atoms with Gasteiger partial charge in [0.25, 0.3) is 0 Å². The van der Waals surface area contributed by atoms with Gasteiger partial charge >= 0.3 is 0 Å². The van der Waals surface area contributed by atoms with Crippen molar-refractivity contribution < 1.29 is 0 Å². The maximum absolute atomic E-state index is 4.73. The van der Waals surface area contributed by atoms with E-state index in [2.05, 4.69) is 10.3 Å². The van der Waals surface area contributed by atoms with Crippen molar-refractivity contribution in [2.75, 3.05) is 7.05 Å². The van der Waals surface area contributed by atoms with Gasteiger partial charge in [0.2, 0.25) is 0 Å². The first-order valence-corrected chi connectivity index (χ1v) is 2.81. The zero-order valence-corrected chi connectivity index (χ0v) is 6.17. The quantitative estimate of drug-likeness (QED) is 0.390. The molecule has 0 saturated heterocycles. The highest BCUT2D eigenvalue weighted by atomic mass is 32.1. The molecule has 46 valence electrons. The second-order valence-corrected chi connectivity index (χ2v) is 2.00. The summed E-state index contributed by atoms with van der Waals surface area (Å²) in [6, 6.07) is 0. The minimum Gasteiger partial charge on any atom is -0.364 e. The van der Waals surface area contributed by atoms with E-state index in [9.17, 15) is 0 Å².